The summed E-state index contributed by atoms with van der Waals surface area (Å²) < 4.78 is 5.33. The van der Waals surface area contributed by atoms with Crippen molar-refractivity contribution in [2.24, 2.45) is 4.99 Å². The summed E-state index contributed by atoms with van der Waals surface area (Å²) in [5.41, 5.74) is 2.46. The van der Waals surface area contributed by atoms with Crippen molar-refractivity contribution < 1.29 is 4.74 Å². The Morgan fingerprint density at radius 2 is 1.94 bits per heavy atom. The summed E-state index contributed by atoms with van der Waals surface area (Å²) in [4.78, 5) is 12.1. The van der Waals surface area contributed by atoms with E-state index in [4.69, 9.17) is 9.73 Å². The maximum Gasteiger partial charge on any atom is 0.191 e. The molecular weight excluding hydrogens is 521 g/mol. The van der Waals surface area contributed by atoms with Gasteiger partial charge in [0, 0.05) is 24.9 Å². The molecule has 1 atom stereocenters. The second-order valence-corrected chi connectivity index (χ2v) is 8.46. The number of guanidine groups is 1. The van der Waals surface area contributed by atoms with Gasteiger partial charge >= 0.3 is 0 Å². The molecule has 0 spiro atoms. The molecule has 1 aromatic heterocycles. The van der Waals surface area contributed by atoms with Crippen LogP contribution in [0.5, 0.6) is 5.75 Å². The van der Waals surface area contributed by atoms with Gasteiger partial charge in [0.15, 0.2) is 5.96 Å². The molecule has 1 saturated heterocycles. The molecule has 1 aromatic carbocycles. The highest BCUT2D eigenvalue weighted by atomic mass is 127. The van der Waals surface area contributed by atoms with E-state index in [1.807, 2.05) is 12.1 Å². The lowest BCUT2D eigenvalue weighted by Crippen LogP contribution is -2.39. The monoisotopic (exact) mass is 557 g/mol. The maximum atomic E-state index is 5.33. The molecule has 1 aliphatic rings. The van der Waals surface area contributed by atoms with Crippen molar-refractivity contribution >= 4 is 41.3 Å². The van der Waals surface area contributed by atoms with Crippen LogP contribution in [0.25, 0.3) is 0 Å². The van der Waals surface area contributed by atoms with E-state index in [0.29, 0.717) is 6.04 Å². The summed E-state index contributed by atoms with van der Waals surface area (Å²) in [7, 11) is 1.71. The average molecular weight is 558 g/mol. The fraction of sp³-hybridized carbons (Fsp3) is 0.565. The zero-order valence-electron chi connectivity index (χ0n) is 18.9. The van der Waals surface area contributed by atoms with Crippen LogP contribution in [-0.2, 0) is 12.8 Å². The van der Waals surface area contributed by atoms with E-state index in [0.717, 1.165) is 63.0 Å². The Morgan fingerprint density at radius 1 is 1.19 bits per heavy atom. The molecule has 1 unspecified atom stereocenters. The average Bonchev–Trinajstić information content (AvgIpc) is 3.46. The van der Waals surface area contributed by atoms with Crippen LogP contribution in [0.3, 0.4) is 0 Å². The molecule has 0 bridgehead atoms. The number of hydrogen-bond donors (Lipinski definition) is 2. The number of nitrogens with zero attached hydrogens (tertiary/aromatic N) is 3. The van der Waals surface area contributed by atoms with Crippen molar-refractivity contribution in [3.05, 3.63) is 45.9 Å². The van der Waals surface area contributed by atoms with E-state index >= 15 is 0 Å². The summed E-state index contributed by atoms with van der Waals surface area (Å²) in [6, 6.07) is 8.73. The Bertz CT molecular complexity index is 790. The molecule has 0 amide bonds. The normalized spacial score (nSPS) is 15.4. The van der Waals surface area contributed by atoms with Gasteiger partial charge in [0.2, 0.25) is 0 Å². The molecular formula is C23H36IN5OS. The lowest BCUT2D eigenvalue weighted by atomic mass is 10.1. The van der Waals surface area contributed by atoms with Gasteiger partial charge in [-0.2, -0.15) is 0 Å². The van der Waals surface area contributed by atoms with E-state index in [9.17, 15) is 0 Å². The van der Waals surface area contributed by atoms with Gasteiger partial charge in [-0.15, -0.1) is 35.3 Å². The number of likely N-dealkylation sites (tertiary alicyclic amines) is 1. The van der Waals surface area contributed by atoms with E-state index in [1.54, 1.807) is 18.4 Å². The van der Waals surface area contributed by atoms with Gasteiger partial charge in [-0.3, -0.25) is 9.89 Å². The first-order valence-corrected chi connectivity index (χ1v) is 11.9. The smallest absolute Gasteiger partial charge is 0.191 e. The molecule has 6 nitrogen and oxygen atoms in total. The van der Waals surface area contributed by atoms with Crippen molar-refractivity contribution in [1.29, 1.82) is 0 Å². The number of hydrogen-bond acceptors (Lipinski definition) is 5. The van der Waals surface area contributed by atoms with E-state index in [1.165, 1.54) is 23.4 Å². The first kappa shape index (κ1) is 25.9. The number of ether oxygens (including phenoxy) is 1. The highest BCUT2D eigenvalue weighted by Crippen LogP contribution is 2.27. The molecule has 1 aliphatic heterocycles. The standard InChI is InChI=1S/C23H35N5OS.HI/c1-4-22-27-19(17-30-22)12-13-25-23(24-5-2)26-16-21(28-14-6-7-15-28)18-8-10-20(29-3)11-9-18;/h8-11,17,21H,4-7,12-16H2,1-3H3,(H2,24,25,26);1H. The third kappa shape index (κ3) is 7.91. The van der Waals surface area contributed by atoms with Crippen LogP contribution >= 0.6 is 35.3 Å². The molecule has 0 radical (unpaired) electrons. The van der Waals surface area contributed by atoms with E-state index in [-0.39, 0.29) is 24.0 Å². The Balaban J connectivity index is 0.00000341. The van der Waals surface area contributed by atoms with Gasteiger partial charge in [0.1, 0.15) is 5.75 Å². The zero-order chi connectivity index (χ0) is 21.2. The van der Waals surface area contributed by atoms with Gasteiger partial charge in [0.25, 0.3) is 0 Å². The van der Waals surface area contributed by atoms with E-state index in [2.05, 4.69) is 51.9 Å². The minimum absolute atomic E-state index is 0. The fourth-order valence-electron chi connectivity index (χ4n) is 3.77. The molecule has 1 fully saturated rings. The summed E-state index contributed by atoms with van der Waals surface area (Å²) in [6.07, 6.45) is 4.45. The van der Waals surface area contributed by atoms with Crippen molar-refractivity contribution in [2.75, 3.05) is 39.8 Å². The van der Waals surface area contributed by atoms with Crippen LogP contribution < -0.4 is 15.4 Å². The number of aryl methyl sites for hydroxylation is 1. The number of nitrogens with one attached hydrogen (secondary N) is 2. The van der Waals surface area contributed by atoms with Gasteiger partial charge in [-0.1, -0.05) is 19.1 Å². The predicted molar refractivity (Wildman–Crippen MR) is 141 cm³/mol. The summed E-state index contributed by atoms with van der Waals surface area (Å²) >= 11 is 1.75. The SMILES string of the molecule is CCNC(=NCC(c1ccc(OC)cc1)N1CCCC1)NCCc1csc(CC)n1.I. The van der Waals surface area contributed by atoms with Crippen molar-refractivity contribution in [3.8, 4) is 5.75 Å². The number of benzene rings is 1. The Labute approximate surface area is 207 Å². The lowest BCUT2D eigenvalue weighted by molar-refractivity contribution is 0.251. The zero-order valence-corrected chi connectivity index (χ0v) is 22.0. The number of aromatic nitrogens is 1. The van der Waals surface area contributed by atoms with Gasteiger partial charge in [-0.25, -0.2) is 4.98 Å². The number of aliphatic imine (C=N–C) groups is 1. The molecule has 2 N–H and O–H groups in total. The number of halogens is 1. The number of methoxy groups -OCH3 is 1. The van der Waals surface area contributed by atoms with Crippen LogP contribution in [0, 0.1) is 0 Å². The fourth-order valence-corrected chi connectivity index (χ4v) is 4.54. The van der Waals surface area contributed by atoms with Gasteiger partial charge in [0.05, 0.1) is 30.4 Å². The van der Waals surface area contributed by atoms with Gasteiger partial charge < -0.3 is 15.4 Å². The van der Waals surface area contributed by atoms with Crippen LogP contribution in [0.1, 0.15) is 49.0 Å². The van der Waals surface area contributed by atoms with Crippen molar-refractivity contribution in [2.45, 2.75) is 45.6 Å². The van der Waals surface area contributed by atoms with E-state index < -0.39 is 0 Å². The minimum atomic E-state index is 0. The van der Waals surface area contributed by atoms with Crippen LogP contribution in [0.4, 0.5) is 0 Å². The maximum absolute atomic E-state index is 5.33. The van der Waals surface area contributed by atoms with Crippen molar-refractivity contribution in [1.82, 2.24) is 20.5 Å². The second kappa shape index (κ2) is 13.9. The Morgan fingerprint density at radius 3 is 2.55 bits per heavy atom. The topological polar surface area (TPSA) is 61.8 Å². The van der Waals surface area contributed by atoms with Crippen LogP contribution in [-0.4, -0.2) is 55.7 Å². The molecule has 8 heteroatoms. The summed E-state index contributed by atoms with van der Waals surface area (Å²) in [5, 5.41) is 10.2. The van der Waals surface area contributed by atoms with Crippen LogP contribution in [0.15, 0.2) is 34.6 Å². The first-order valence-electron chi connectivity index (χ1n) is 11.1. The van der Waals surface area contributed by atoms with Gasteiger partial charge in [-0.05, 0) is 57.0 Å². The summed E-state index contributed by atoms with van der Waals surface area (Å²) in [6.45, 7) is 8.94. The third-order valence-electron chi connectivity index (χ3n) is 5.42. The highest BCUT2D eigenvalue weighted by molar-refractivity contribution is 14.0. The largest absolute Gasteiger partial charge is 0.497 e. The quantitative estimate of drug-likeness (QED) is 0.260. The summed E-state index contributed by atoms with van der Waals surface area (Å²) in [5.74, 6) is 1.77. The van der Waals surface area contributed by atoms with Crippen LogP contribution in [0.2, 0.25) is 0 Å². The Hall–Kier alpha value is -1.39. The molecule has 3 rings (SSSR count). The molecule has 0 saturated carbocycles. The molecule has 2 aromatic rings. The molecule has 2 heterocycles. The van der Waals surface area contributed by atoms with Crippen molar-refractivity contribution in [3.63, 3.8) is 0 Å². The molecule has 0 aliphatic carbocycles. The highest BCUT2D eigenvalue weighted by Gasteiger charge is 2.23. The minimum Gasteiger partial charge on any atom is -0.497 e. The number of rotatable bonds is 10. The third-order valence-corrected chi connectivity index (χ3v) is 6.47. The molecule has 172 valence electrons. The predicted octanol–water partition coefficient (Wildman–Crippen LogP) is 4.27. The second-order valence-electron chi connectivity index (χ2n) is 7.51. The molecule has 31 heavy (non-hydrogen) atoms. The Kier molecular flexibility index (Phi) is 11.6. The lowest BCUT2D eigenvalue weighted by Gasteiger charge is -2.27. The number of thiazole rings is 1. The first-order chi connectivity index (χ1) is 14.7.